The molecule has 1 rings (SSSR count). The molecule has 0 aliphatic heterocycles. The summed E-state index contributed by atoms with van der Waals surface area (Å²) in [7, 11) is 0. The van der Waals surface area contributed by atoms with Gasteiger partial charge in [-0.3, -0.25) is 10.1 Å². The highest BCUT2D eigenvalue weighted by Gasteiger charge is 2.54. The van der Waals surface area contributed by atoms with Gasteiger partial charge in [-0.05, 0) is 25.7 Å². The SMILES string of the molecule is CCC(CC)O[C@H]1[C@H](C)[C@@H]([N+](=O)[O-])CC(CC)(CC)[C@@H]1O. The second kappa shape index (κ2) is 7.54. The average Bonchev–Trinajstić information content (AvgIpc) is 2.48. The Hall–Kier alpha value is -0.680. The molecule has 0 unspecified atom stereocenters. The van der Waals surface area contributed by atoms with Crippen molar-refractivity contribution in [2.75, 3.05) is 0 Å². The highest BCUT2D eigenvalue weighted by molar-refractivity contribution is 5.00. The predicted octanol–water partition coefficient (Wildman–Crippen LogP) is 3.41. The van der Waals surface area contributed by atoms with Crippen LogP contribution in [0.5, 0.6) is 0 Å². The van der Waals surface area contributed by atoms with E-state index < -0.39 is 23.7 Å². The zero-order valence-corrected chi connectivity index (χ0v) is 14.0. The number of hydrogen-bond acceptors (Lipinski definition) is 4. The van der Waals surface area contributed by atoms with Crippen LogP contribution in [0.1, 0.15) is 66.7 Å². The number of ether oxygens (including phenoxy) is 1. The molecule has 0 spiro atoms. The van der Waals surface area contributed by atoms with E-state index in [0.717, 1.165) is 25.7 Å². The fourth-order valence-corrected chi connectivity index (χ4v) is 3.70. The summed E-state index contributed by atoms with van der Waals surface area (Å²) in [5.74, 6) is -0.262. The molecule has 0 aromatic rings. The van der Waals surface area contributed by atoms with Crippen LogP contribution in [-0.4, -0.2) is 34.4 Å². The van der Waals surface area contributed by atoms with Crippen molar-refractivity contribution < 1.29 is 14.8 Å². The Kier molecular flexibility index (Phi) is 6.60. The summed E-state index contributed by atoms with van der Waals surface area (Å²) in [6.07, 6.45) is 2.64. The molecule has 1 fully saturated rings. The van der Waals surface area contributed by atoms with Crippen LogP contribution in [0, 0.1) is 21.4 Å². The average molecular weight is 301 g/mol. The Labute approximate surface area is 128 Å². The first kappa shape index (κ1) is 18.4. The monoisotopic (exact) mass is 301 g/mol. The lowest BCUT2D eigenvalue weighted by molar-refractivity contribution is -0.545. The Morgan fingerprint density at radius 2 is 1.81 bits per heavy atom. The van der Waals surface area contributed by atoms with Gasteiger partial charge in [0.1, 0.15) is 0 Å². The van der Waals surface area contributed by atoms with Gasteiger partial charge in [0, 0.05) is 16.8 Å². The second-order valence-corrected chi connectivity index (χ2v) is 6.47. The van der Waals surface area contributed by atoms with Gasteiger partial charge in [-0.25, -0.2) is 0 Å². The van der Waals surface area contributed by atoms with Crippen molar-refractivity contribution in [3.8, 4) is 0 Å². The first-order valence-electron chi connectivity index (χ1n) is 8.33. The number of nitro groups is 1. The van der Waals surface area contributed by atoms with E-state index in [0.29, 0.717) is 6.42 Å². The van der Waals surface area contributed by atoms with Crippen LogP contribution in [0.25, 0.3) is 0 Å². The van der Waals surface area contributed by atoms with Gasteiger partial charge < -0.3 is 9.84 Å². The summed E-state index contributed by atoms with van der Waals surface area (Å²) in [5.41, 5.74) is -0.402. The smallest absolute Gasteiger partial charge is 0.218 e. The maximum Gasteiger partial charge on any atom is 0.218 e. The van der Waals surface area contributed by atoms with Crippen molar-refractivity contribution in [1.82, 2.24) is 0 Å². The third-order valence-corrected chi connectivity index (χ3v) is 5.62. The van der Waals surface area contributed by atoms with E-state index in [2.05, 4.69) is 0 Å². The fourth-order valence-electron chi connectivity index (χ4n) is 3.70. The summed E-state index contributed by atoms with van der Waals surface area (Å²) < 4.78 is 6.10. The van der Waals surface area contributed by atoms with E-state index in [1.807, 2.05) is 34.6 Å². The molecule has 5 nitrogen and oxygen atoms in total. The number of hydrogen-bond donors (Lipinski definition) is 1. The molecule has 4 atom stereocenters. The molecular weight excluding hydrogens is 270 g/mol. The topological polar surface area (TPSA) is 72.6 Å². The van der Waals surface area contributed by atoms with E-state index in [1.165, 1.54) is 0 Å². The summed E-state index contributed by atoms with van der Waals surface area (Å²) >= 11 is 0. The van der Waals surface area contributed by atoms with Crippen LogP contribution in [0.3, 0.4) is 0 Å². The second-order valence-electron chi connectivity index (χ2n) is 6.47. The Morgan fingerprint density at radius 3 is 2.19 bits per heavy atom. The van der Waals surface area contributed by atoms with Gasteiger partial charge >= 0.3 is 0 Å². The molecule has 0 bridgehead atoms. The highest BCUT2D eigenvalue weighted by Crippen LogP contribution is 2.46. The van der Waals surface area contributed by atoms with Gasteiger partial charge in [0.25, 0.3) is 0 Å². The predicted molar refractivity (Wildman–Crippen MR) is 82.8 cm³/mol. The lowest BCUT2D eigenvalue weighted by Gasteiger charge is -2.48. The highest BCUT2D eigenvalue weighted by atomic mass is 16.6. The minimum atomic E-state index is -0.632. The molecule has 0 amide bonds. The maximum atomic E-state index is 11.4. The Morgan fingerprint density at radius 1 is 1.29 bits per heavy atom. The van der Waals surface area contributed by atoms with Gasteiger partial charge in [-0.2, -0.15) is 0 Å². The third-order valence-electron chi connectivity index (χ3n) is 5.62. The van der Waals surface area contributed by atoms with Gasteiger partial charge in [-0.1, -0.05) is 34.6 Å². The minimum absolute atomic E-state index is 0.0593. The number of aliphatic hydroxyl groups is 1. The number of rotatable bonds is 7. The van der Waals surface area contributed by atoms with E-state index in [-0.39, 0.29) is 16.9 Å². The third kappa shape index (κ3) is 3.57. The Balaban J connectivity index is 3.08. The lowest BCUT2D eigenvalue weighted by atomic mass is 9.62. The van der Waals surface area contributed by atoms with Crippen molar-refractivity contribution in [2.24, 2.45) is 11.3 Å². The molecule has 0 heterocycles. The fraction of sp³-hybridized carbons (Fsp3) is 1.00. The van der Waals surface area contributed by atoms with Gasteiger partial charge in [-0.15, -0.1) is 0 Å². The molecule has 0 aromatic heterocycles. The van der Waals surface area contributed by atoms with Crippen molar-refractivity contribution in [1.29, 1.82) is 0 Å². The zero-order chi connectivity index (χ0) is 16.2. The van der Waals surface area contributed by atoms with Gasteiger partial charge in [0.15, 0.2) is 0 Å². The van der Waals surface area contributed by atoms with Crippen molar-refractivity contribution in [2.45, 2.75) is 91.1 Å². The molecule has 1 saturated carbocycles. The normalized spacial score (nSPS) is 32.3. The van der Waals surface area contributed by atoms with Crippen LogP contribution < -0.4 is 0 Å². The standard InChI is InChI=1S/C16H31NO4/c1-6-12(7-2)21-14-11(5)13(17(19)20)10-16(8-3,9-4)15(14)18/h11-15,18H,6-10H2,1-5H3/t11-,13+,14+,15-/m1/s1. The molecule has 0 saturated heterocycles. The van der Waals surface area contributed by atoms with E-state index >= 15 is 0 Å². The zero-order valence-electron chi connectivity index (χ0n) is 14.0. The molecule has 0 aromatic carbocycles. The van der Waals surface area contributed by atoms with Crippen molar-refractivity contribution in [3.63, 3.8) is 0 Å². The molecule has 1 aliphatic rings. The maximum absolute atomic E-state index is 11.4. The molecule has 124 valence electrons. The van der Waals surface area contributed by atoms with Gasteiger partial charge in [0.2, 0.25) is 6.04 Å². The Bertz CT molecular complexity index is 339. The van der Waals surface area contributed by atoms with E-state index in [4.69, 9.17) is 4.74 Å². The van der Waals surface area contributed by atoms with Crippen LogP contribution in [-0.2, 0) is 4.74 Å². The van der Waals surface area contributed by atoms with Crippen LogP contribution in [0.2, 0.25) is 0 Å². The molecule has 1 N–H and O–H groups in total. The summed E-state index contributed by atoms with van der Waals surface area (Å²) in [6, 6.07) is -0.632. The van der Waals surface area contributed by atoms with Crippen molar-refractivity contribution >= 4 is 0 Å². The van der Waals surface area contributed by atoms with Crippen LogP contribution in [0.15, 0.2) is 0 Å². The minimum Gasteiger partial charge on any atom is -0.390 e. The summed E-state index contributed by atoms with van der Waals surface area (Å²) in [5, 5.41) is 22.3. The summed E-state index contributed by atoms with van der Waals surface area (Å²) in [4.78, 5) is 11.2. The van der Waals surface area contributed by atoms with Crippen LogP contribution in [0.4, 0.5) is 0 Å². The molecule has 1 aliphatic carbocycles. The molecule has 21 heavy (non-hydrogen) atoms. The molecule has 0 radical (unpaired) electrons. The van der Waals surface area contributed by atoms with Crippen molar-refractivity contribution in [3.05, 3.63) is 10.1 Å². The first-order chi connectivity index (χ1) is 9.86. The summed E-state index contributed by atoms with van der Waals surface area (Å²) in [6.45, 7) is 9.96. The molecular formula is C16H31NO4. The quantitative estimate of drug-likeness (QED) is 0.577. The first-order valence-corrected chi connectivity index (χ1v) is 8.33. The molecule has 5 heteroatoms. The number of aliphatic hydroxyl groups excluding tert-OH is 1. The van der Waals surface area contributed by atoms with Crippen LogP contribution >= 0.6 is 0 Å². The number of nitrogens with zero attached hydrogens (tertiary/aromatic N) is 1. The van der Waals surface area contributed by atoms with Gasteiger partial charge in [0.05, 0.1) is 24.2 Å². The van der Waals surface area contributed by atoms with E-state index in [1.54, 1.807) is 0 Å². The lowest BCUT2D eigenvalue weighted by Crippen LogP contribution is -2.58. The van der Waals surface area contributed by atoms with E-state index in [9.17, 15) is 15.2 Å². The largest absolute Gasteiger partial charge is 0.390 e.